The molecule has 2 aromatic rings. The second-order valence-electron chi connectivity index (χ2n) is 9.59. The van der Waals surface area contributed by atoms with Gasteiger partial charge in [-0.1, -0.05) is 24.3 Å². The van der Waals surface area contributed by atoms with Gasteiger partial charge in [0, 0.05) is 31.9 Å². The summed E-state index contributed by atoms with van der Waals surface area (Å²) in [5.74, 6) is 1.01. The van der Waals surface area contributed by atoms with Gasteiger partial charge in [-0.2, -0.15) is 0 Å². The van der Waals surface area contributed by atoms with Crippen molar-refractivity contribution in [3.8, 4) is 16.9 Å². The molecule has 2 fully saturated rings. The van der Waals surface area contributed by atoms with E-state index in [-0.39, 0.29) is 11.7 Å². The molecular formula is C27H35FN2O3. The Hall–Kier alpha value is -2.44. The average Bonchev–Trinajstić information content (AvgIpc) is 2.83. The third kappa shape index (κ3) is 5.74. The Labute approximate surface area is 196 Å². The van der Waals surface area contributed by atoms with Crippen molar-refractivity contribution in [2.45, 2.75) is 32.1 Å². The lowest BCUT2D eigenvalue weighted by Crippen LogP contribution is -2.48. The number of piperidine rings is 1. The molecule has 2 saturated heterocycles. The minimum absolute atomic E-state index is 0.148. The molecule has 0 saturated carbocycles. The number of nitrogens with zero attached hydrogens (tertiary/aromatic N) is 1. The molecule has 5 nitrogen and oxygen atoms in total. The van der Waals surface area contributed by atoms with Crippen molar-refractivity contribution in [3.05, 3.63) is 53.8 Å². The summed E-state index contributed by atoms with van der Waals surface area (Å²) in [6.45, 7) is 4.14. The van der Waals surface area contributed by atoms with E-state index in [0.29, 0.717) is 31.3 Å². The maximum atomic E-state index is 13.8. The fourth-order valence-corrected chi connectivity index (χ4v) is 5.21. The first-order valence-electron chi connectivity index (χ1n) is 12.0. The van der Waals surface area contributed by atoms with Crippen molar-refractivity contribution in [2.75, 3.05) is 47.0 Å². The van der Waals surface area contributed by atoms with Gasteiger partial charge < -0.3 is 19.7 Å². The molecular weight excluding hydrogens is 419 g/mol. The molecule has 1 amide bonds. The number of hydrogen-bond acceptors (Lipinski definition) is 4. The molecule has 6 heteroatoms. The van der Waals surface area contributed by atoms with Crippen LogP contribution in [0, 0.1) is 17.2 Å². The summed E-state index contributed by atoms with van der Waals surface area (Å²) in [5, 5.41) is 3.28. The third-order valence-corrected chi connectivity index (χ3v) is 7.17. The quantitative estimate of drug-likeness (QED) is 0.678. The van der Waals surface area contributed by atoms with Gasteiger partial charge in [0.1, 0.15) is 11.6 Å². The minimum atomic E-state index is -0.448. The standard InChI is InChI=1S/C27H35FN2O3/c1-30-13-3-4-21(19-30)18-29-26(31)27(11-14-33-15-12-27)17-20-5-7-22(8-6-20)24-16-23(28)9-10-25(24)32-2/h5-10,16,21H,3-4,11-15,17-19H2,1-2H3,(H,29,31). The van der Waals surface area contributed by atoms with Gasteiger partial charge in [0.2, 0.25) is 5.91 Å². The zero-order valence-corrected chi connectivity index (χ0v) is 19.7. The number of carbonyl (C=O) groups is 1. The molecule has 33 heavy (non-hydrogen) atoms. The normalized spacial score (nSPS) is 20.9. The number of ether oxygens (including phenoxy) is 2. The van der Waals surface area contributed by atoms with Crippen LogP contribution in [0.15, 0.2) is 42.5 Å². The van der Waals surface area contributed by atoms with E-state index in [1.54, 1.807) is 13.2 Å². The maximum absolute atomic E-state index is 13.8. The molecule has 178 valence electrons. The van der Waals surface area contributed by atoms with E-state index < -0.39 is 5.41 Å². The number of nitrogens with one attached hydrogen (secondary N) is 1. The largest absolute Gasteiger partial charge is 0.496 e. The van der Waals surface area contributed by atoms with Crippen LogP contribution in [0.5, 0.6) is 5.75 Å². The second-order valence-corrected chi connectivity index (χ2v) is 9.59. The molecule has 0 aromatic heterocycles. The number of likely N-dealkylation sites (tertiary alicyclic amines) is 1. The summed E-state index contributed by atoms with van der Waals surface area (Å²) < 4.78 is 24.8. The minimum Gasteiger partial charge on any atom is -0.496 e. The fraction of sp³-hybridized carbons (Fsp3) is 0.519. The molecule has 0 aliphatic carbocycles. The number of methoxy groups -OCH3 is 1. The van der Waals surface area contributed by atoms with Crippen molar-refractivity contribution in [3.63, 3.8) is 0 Å². The molecule has 1 N–H and O–H groups in total. The highest BCUT2D eigenvalue weighted by atomic mass is 19.1. The Morgan fingerprint density at radius 1 is 1.21 bits per heavy atom. The Morgan fingerprint density at radius 3 is 2.67 bits per heavy atom. The third-order valence-electron chi connectivity index (χ3n) is 7.17. The summed E-state index contributed by atoms with van der Waals surface area (Å²) in [5.41, 5.74) is 2.27. The second kappa shape index (κ2) is 10.7. The molecule has 4 rings (SSSR count). The van der Waals surface area contributed by atoms with Gasteiger partial charge in [0.05, 0.1) is 12.5 Å². The Kier molecular flexibility index (Phi) is 7.66. The number of halogens is 1. The molecule has 0 bridgehead atoms. The highest BCUT2D eigenvalue weighted by molar-refractivity contribution is 5.83. The molecule has 0 radical (unpaired) electrons. The van der Waals surface area contributed by atoms with Gasteiger partial charge >= 0.3 is 0 Å². The summed E-state index contributed by atoms with van der Waals surface area (Å²) in [6.07, 6.45) is 4.49. The van der Waals surface area contributed by atoms with E-state index in [0.717, 1.165) is 49.2 Å². The van der Waals surface area contributed by atoms with Crippen molar-refractivity contribution >= 4 is 5.91 Å². The van der Waals surface area contributed by atoms with Gasteiger partial charge in [-0.15, -0.1) is 0 Å². The van der Waals surface area contributed by atoms with E-state index in [4.69, 9.17) is 9.47 Å². The van der Waals surface area contributed by atoms with Crippen LogP contribution in [0.4, 0.5) is 4.39 Å². The number of hydrogen-bond donors (Lipinski definition) is 1. The SMILES string of the molecule is COc1ccc(F)cc1-c1ccc(CC2(C(=O)NCC3CCCN(C)C3)CCOCC2)cc1. The van der Waals surface area contributed by atoms with Crippen LogP contribution in [0.3, 0.4) is 0 Å². The fourth-order valence-electron chi connectivity index (χ4n) is 5.21. The topological polar surface area (TPSA) is 50.8 Å². The summed E-state index contributed by atoms with van der Waals surface area (Å²) >= 11 is 0. The van der Waals surface area contributed by atoms with Gasteiger partial charge in [-0.25, -0.2) is 4.39 Å². The smallest absolute Gasteiger partial charge is 0.226 e. The number of carbonyl (C=O) groups excluding carboxylic acids is 1. The van der Waals surface area contributed by atoms with Crippen LogP contribution in [0.2, 0.25) is 0 Å². The zero-order valence-electron chi connectivity index (χ0n) is 19.7. The first-order valence-corrected chi connectivity index (χ1v) is 12.0. The Balaban J connectivity index is 1.47. The van der Waals surface area contributed by atoms with E-state index >= 15 is 0 Å². The summed E-state index contributed by atoms with van der Waals surface area (Å²) in [7, 11) is 3.74. The number of amides is 1. The zero-order chi connectivity index (χ0) is 23.3. The highest BCUT2D eigenvalue weighted by Gasteiger charge is 2.40. The number of rotatable bonds is 7. The monoisotopic (exact) mass is 454 g/mol. The Bertz CT molecular complexity index is 941. The summed E-state index contributed by atoms with van der Waals surface area (Å²) in [4.78, 5) is 15.8. The highest BCUT2D eigenvalue weighted by Crippen LogP contribution is 2.36. The number of benzene rings is 2. The van der Waals surface area contributed by atoms with Crippen LogP contribution < -0.4 is 10.1 Å². The lowest BCUT2D eigenvalue weighted by Gasteiger charge is -2.37. The predicted octanol–water partition coefficient (Wildman–Crippen LogP) is 4.30. The van der Waals surface area contributed by atoms with Crippen LogP contribution in [0.25, 0.3) is 11.1 Å². The molecule has 1 atom stereocenters. The van der Waals surface area contributed by atoms with Gasteiger partial charge in [-0.05, 0) is 80.9 Å². The van der Waals surface area contributed by atoms with Crippen molar-refractivity contribution in [1.82, 2.24) is 10.2 Å². The lowest BCUT2D eigenvalue weighted by atomic mass is 9.74. The molecule has 2 aromatic carbocycles. The van der Waals surface area contributed by atoms with Gasteiger partial charge in [0.25, 0.3) is 0 Å². The molecule has 0 spiro atoms. The van der Waals surface area contributed by atoms with Crippen LogP contribution in [0.1, 0.15) is 31.2 Å². The van der Waals surface area contributed by atoms with Crippen molar-refractivity contribution in [2.24, 2.45) is 11.3 Å². The molecule has 2 heterocycles. The van der Waals surface area contributed by atoms with E-state index in [1.807, 2.05) is 24.3 Å². The average molecular weight is 455 g/mol. The Morgan fingerprint density at radius 2 is 1.97 bits per heavy atom. The van der Waals surface area contributed by atoms with Crippen molar-refractivity contribution < 1.29 is 18.7 Å². The van der Waals surface area contributed by atoms with Crippen LogP contribution >= 0.6 is 0 Å². The van der Waals surface area contributed by atoms with E-state index in [1.165, 1.54) is 25.0 Å². The van der Waals surface area contributed by atoms with Crippen LogP contribution in [-0.4, -0.2) is 57.8 Å². The van der Waals surface area contributed by atoms with E-state index in [2.05, 4.69) is 17.3 Å². The molecule has 2 aliphatic rings. The lowest BCUT2D eigenvalue weighted by molar-refractivity contribution is -0.137. The van der Waals surface area contributed by atoms with Crippen molar-refractivity contribution in [1.29, 1.82) is 0 Å². The van der Waals surface area contributed by atoms with Gasteiger partial charge in [-0.3, -0.25) is 4.79 Å². The first-order chi connectivity index (χ1) is 16.0. The van der Waals surface area contributed by atoms with Crippen LogP contribution in [-0.2, 0) is 16.0 Å². The predicted molar refractivity (Wildman–Crippen MR) is 128 cm³/mol. The van der Waals surface area contributed by atoms with E-state index in [9.17, 15) is 9.18 Å². The summed E-state index contributed by atoms with van der Waals surface area (Å²) in [6, 6.07) is 12.6. The molecule has 2 aliphatic heterocycles. The maximum Gasteiger partial charge on any atom is 0.226 e. The first kappa shape index (κ1) is 23.7. The molecule has 1 unspecified atom stereocenters. The van der Waals surface area contributed by atoms with Gasteiger partial charge in [0.15, 0.2) is 0 Å².